The Morgan fingerprint density at radius 3 is 2.04 bits per heavy atom. The van der Waals surface area contributed by atoms with Crippen LogP contribution in [0.3, 0.4) is 0 Å². The Kier molecular flexibility index (Phi) is 7.42. The van der Waals surface area contributed by atoms with E-state index in [1.165, 1.54) is 9.80 Å². The summed E-state index contributed by atoms with van der Waals surface area (Å²) in [5, 5.41) is 6.39. The van der Waals surface area contributed by atoms with Crippen molar-refractivity contribution in [2.75, 3.05) is 44.6 Å². The van der Waals surface area contributed by atoms with Crippen LogP contribution in [-0.2, 0) is 16.1 Å². The molecule has 0 spiro atoms. The lowest BCUT2D eigenvalue weighted by Crippen LogP contribution is -3.28. The van der Waals surface area contributed by atoms with Crippen molar-refractivity contribution in [3.63, 3.8) is 0 Å². The molecule has 0 unspecified atom stereocenters. The summed E-state index contributed by atoms with van der Waals surface area (Å²) in [6, 6.07) is 17.1. The number of halogens is 1. The zero-order chi connectivity index (χ0) is 19.8. The van der Waals surface area contributed by atoms with Crippen LogP contribution in [0.1, 0.15) is 5.56 Å². The molecule has 1 heterocycles. The van der Waals surface area contributed by atoms with E-state index >= 15 is 0 Å². The highest BCUT2D eigenvalue weighted by atomic mass is 35.5. The molecule has 1 aliphatic rings. The zero-order valence-electron chi connectivity index (χ0n) is 15.8. The average molecular weight is 403 g/mol. The number of para-hydroxylation sites is 1. The third kappa shape index (κ3) is 6.34. The molecule has 6 nitrogen and oxygen atoms in total. The molecule has 2 aromatic carbocycles. The van der Waals surface area contributed by atoms with Gasteiger partial charge in [-0.05, 0) is 17.7 Å². The monoisotopic (exact) mass is 402 g/mol. The van der Waals surface area contributed by atoms with Gasteiger partial charge in [0.2, 0.25) is 0 Å². The molecule has 0 saturated carbocycles. The van der Waals surface area contributed by atoms with E-state index in [4.69, 9.17) is 11.6 Å². The number of rotatable bonds is 7. The van der Waals surface area contributed by atoms with E-state index in [0.29, 0.717) is 30.3 Å². The van der Waals surface area contributed by atoms with Crippen molar-refractivity contribution in [3.05, 3.63) is 65.2 Å². The molecule has 0 aliphatic carbocycles. The quantitative estimate of drug-likeness (QED) is 0.498. The highest BCUT2D eigenvalue weighted by Crippen LogP contribution is 2.19. The predicted molar refractivity (Wildman–Crippen MR) is 109 cm³/mol. The minimum Gasteiger partial charge on any atom is -0.347 e. The number of carbonyl (C=O) groups excluding carboxylic acids is 2. The van der Waals surface area contributed by atoms with Crippen molar-refractivity contribution in [1.29, 1.82) is 0 Å². The van der Waals surface area contributed by atoms with Gasteiger partial charge in [-0.1, -0.05) is 54.1 Å². The Bertz CT molecular complexity index is 792. The highest BCUT2D eigenvalue weighted by molar-refractivity contribution is 6.33. The number of hydrogen-bond donors (Lipinski definition) is 4. The van der Waals surface area contributed by atoms with E-state index in [2.05, 4.69) is 10.6 Å². The molecule has 1 aliphatic heterocycles. The SMILES string of the molecule is O=C(C[NH+]1CC[NH+](CC(=O)Nc2ccccc2Cl)CC1)NCc1ccccc1. The number of anilines is 1. The molecule has 0 bridgehead atoms. The van der Waals surface area contributed by atoms with Gasteiger partial charge < -0.3 is 20.4 Å². The number of piperazine rings is 1. The summed E-state index contributed by atoms with van der Waals surface area (Å²) in [6.45, 7) is 4.96. The van der Waals surface area contributed by atoms with Crippen molar-refractivity contribution in [2.45, 2.75) is 6.54 Å². The van der Waals surface area contributed by atoms with Gasteiger partial charge in [-0.15, -0.1) is 0 Å². The number of nitrogens with one attached hydrogen (secondary N) is 4. The second-order valence-corrected chi connectivity index (χ2v) is 7.55. The minimum atomic E-state index is -0.0350. The fourth-order valence-electron chi connectivity index (χ4n) is 3.38. The molecule has 0 aromatic heterocycles. The van der Waals surface area contributed by atoms with Gasteiger partial charge in [-0.25, -0.2) is 0 Å². The Hall–Kier alpha value is -2.41. The fraction of sp³-hybridized carbons (Fsp3) is 0.333. The van der Waals surface area contributed by atoms with Gasteiger partial charge in [-0.2, -0.15) is 0 Å². The maximum absolute atomic E-state index is 12.3. The number of amides is 2. The number of hydrogen-bond acceptors (Lipinski definition) is 2. The molecular formula is C21H27ClN4O2+2. The van der Waals surface area contributed by atoms with Gasteiger partial charge in [-0.3, -0.25) is 9.59 Å². The number of carbonyl (C=O) groups is 2. The van der Waals surface area contributed by atoms with Crippen LogP contribution in [0.5, 0.6) is 0 Å². The smallest absolute Gasteiger partial charge is 0.279 e. The first kappa shape index (κ1) is 20.3. The topological polar surface area (TPSA) is 67.1 Å². The standard InChI is InChI=1S/C21H25ClN4O2/c22-18-8-4-5-9-19(18)24-21(28)16-26-12-10-25(11-13-26)15-20(27)23-14-17-6-2-1-3-7-17/h1-9H,10-16H2,(H,23,27)(H,24,28)/p+2. The lowest BCUT2D eigenvalue weighted by atomic mass is 10.2. The van der Waals surface area contributed by atoms with Crippen LogP contribution < -0.4 is 20.4 Å². The highest BCUT2D eigenvalue weighted by Gasteiger charge is 2.26. The first-order chi connectivity index (χ1) is 13.6. The Morgan fingerprint density at radius 1 is 0.821 bits per heavy atom. The summed E-state index contributed by atoms with van der Waals surface area (Å²) in [7, 11) is 0. The van der Waals surface area contributed by atoms with E-state index in [1.807, 2.05) is 42.5 Å². The molecule has 7 heteroatoms. The van der Waals surface area contributed by atoms with E-state index in [9.17, 15) is 9.59 Å². The first-order valence-electron chi connectivity index (χ1n) is 9.62. The second-order valence-electron chi connectivity index (χ2n) is 7.14. The molecule has 1 saturated heterocycles. The normalized spacial score (nSPS) is 19.0. The van der Waals surface area contributed by atoms with Crippen LogP contribution in [0.15, 0.2) is 54.6 Å². The third-order valence-electron chi connectivity index (χ3n) is 4.97. The van der Waals surface area contributed by atoms with Crippen LogP contribution in [-0.4, -0.2) is 51.1 Å². The Labute approximate surface area is 170 Å². The molecule has 3 rings (SSSR count). The minimum absolute atomic E-state index is 0.0350. The van der Waals surface area contributed by atoms with Gasteiger partial charge in [0, 0.05) is 6.54 Å². The maximum atomic E-state index is 12.3. The van der Waals surface area contributed by atoms with Crippen LogP contribution >= 0.6 is 11.6 Å². The van der Waals surface area contributed by atoms with Gasteiger partial charge >= 0.3 is 0 Å². The van der Waals surface area contributed by atoms with Crippen molar-refractivity contribution in [1.82, 2.24) is 5.32 Å². The fourth-order valence-corrected chi connectivity index (χ4v) is 3.56. The lowest BCUT2D eigenvalue weighted by molar-refractivity contribution is -1.00. The lowest BCUT2D eigenvalue weighted by Gasteiger charge is -2.29. The van der Waals surface area contributed by atoms with Crippen LogP contribution in [0.4, 0.5) is 5.69 Å². The van der Waals surface area contributed by atoms with E-state index < -0.39 is 0 Å². The molecule has 148 valence electrons. The molecule has 2 amide bonds. The maximum Gasteiger partial charge on any atom is 0.279 e. The van der Waals surface area contributed by atoms with Crippen molar-refractivity contribution < 1.29 is 19.4 Å². The summed E-state index contributed by atoms with van der Waals surface area (Å²) in [5.74, 6) is 0.0333. The molecule has 4 N–H and O–H groups in total. The number of quaternary nitrogens is 2. The summed E-state index contributed by atoms with van der Waals surface area (Å²) in [5.41, 5.74) is 1.75. The van der Waals surface area contributed by atoms with Gasteiger partial charge in [0.15, 0.2) is 13.1 Å². The third-order valence-corrected chi connectivity index (χ3v) is 5.30. The summed E-state index contributed by atoms with van der Waals surface area (Å²) >= 11 is 6.08. The largest absolute Gasteiger partial charge is 0.347 e. The number of benzene rings is 2. The van der Waals surface area contributed by atoms with Crippen molar-refractivity contribution in [3.8, 4) is 0 Å². The molecule has 1 fully saturated rings. The van der Waals surface area contributed by atoms with Crippen LogP contribution in [0.25, 0.3) is 0 Å². The van der Waals surface area contributed by atoms with Crippen molar-refractivity contribution in [2.24, 2.45) is 0 Å². The molecule has 2 aromatic rings. The van der Waals surface area contributed by atoms with E-state index in [0.717, 1.165) is 31.7 Å². The Morgan fingerprint density at radius 2 is 1.39 bits per heavy atom. The molecular weight excluding hydrogens is 376 g/mol. The molecule has 0 atom stereocenters. The van der Waals surface area contributed by atoms with E-state index in [1.54, 1.807) is 12.1 Å². The summed E-state index contributed by atoms with van der Waals surface area (Å²) < 4.78 is 0. The van der Waals surface area contributed by atoms with Gasteiger partial charge in [0.25, 0.3) is 11.8 Å². The predicted octanol–water partition coefficient (Wildman–Crippen LogP) is -0.622. The summed E-state index contributed by atoms with van der Waals surface area (Å²) in [4.78, 5) is 26.9. The van der Waals surface area contributed by atoms with Crippen LogP contribution in [0.2, 0.25) is 5.02 Å². The zero-order valence-corrected chi connectivity index (χ0v) is 16.6. The Balaban J connectivity index is 1.35. The van der Waals surface area contributed by atoms with Crippen LogP contribution in [0, 0.1) is 0 Å². The molecule has 0 radical (unpaired) electrons. The van der Waals surface area contributed by atoms with E-state index in [-0.39, 0.29) is 11.8 Å². The van der Waals surface area contributed by atoms with Gasteiger partial charge in [0.05, 0.1) is 10.7 Å². The first-order valence-corrected chi connectivity index (χ1v) is 10.00. The van der Waals surface area contributed by atoms with Gasteiger partial charge in [0.1, 0.15) is 26.2 Å². The molecule has 28 heavy (non-hydrogen) atoms. The van der Waals surface area contributed by atoms with Crippen molar-refractivity contribution >= 4 is 29.1 Å². The average Bonchev–Trinajstić information content (AvgIpc) is 2.70. The summed E-state index contributed by atoms with van der Waals surface area (Å²) in [6.07, 6.45) is 0. The second kappa shape index (κ2) is 10.2.